The van der Waals surface area contributed by atoms with Gasteiger partial charge in [-0.2, -0.15) is 9.97 Å². The van der Waals surface area contributed by atoms with Crippen molar-refractivity contribution < 1.29 is 0 Å². The Balaban J connectivity index is 1.31. The van der Waals surface area contributed by atoms with E-state index in [0.29, 0.717) is 17.6 Å². The van der Waals surface area contributed by atoms with Crippen molar-refractivity contribution in [3.8, 4) is 56.9 Å². The van der Waals surface area contributed by atoms with Crippen LogP contribution in [0.2, 0.25) is 0 Å². The molecule has 0 N–H and O–H groups in total. The molecule has 11 aromatic rings. The first kappa shape index (κ1) is 31.7. The highest BCUT2D eigenvalue weighted by molar-refractivity contribution is 6.26. The van der Waals surface area contributed by atoms with E-state index in [1.165, 1.54) is 0 Å². The molecule has 0 aliphatic carbocycles. The summed E-state index contributed by atoms with van der Waals surface area (Å²) in [5, 5.41) is 4.36. The number of hydrogen-bond acceptors (Lipinski definition) is 5. The van der Waals surface area contributed by atoms with E-state index in [0.717, 1.165) is 82.9 Å². The molecule has 7 heteroatoms. The highest BCUT2D eigenvalue weighted by Crippen LogP contribution is 2.43. The highest BCUT2D eigenvalue weighted by atomic mass is 15.2. The predicted octanol–water partition coefficient (Wildman–Crippen LogP) is 11.5. The quantitative estimate of drug-likeness (QED) is 0.171. The van der Waals surface area contributed by atoms with E-state index < -0.39 is 0 Å². The summed E-state index contributed by atoms with van der Waals surface area (Å²) in [6.45, 7) is 0. The molecule has 6 aromatic carbocycles. The first-order valence-electron chi connectivity index (χ1n) is 18.6. The fourth-order valence-electron chi connectivity index (χ4n) is 7.96. The van der Waals surface area contributed by atoms with Crippen LogP contribution in [0.1, 0.15) is 0 Å². The molecular formula is C49H31N7. The lowest BCUT2D eigenvalue weighted by Crippen LogP contribution is -2.06. The van der Waals surface area contributed by atoms with Gasteiger partial charge in [0.1, 0.15) is 0 Å². The topological polar surface area (TPSA) is 74.3 Å². The minimum absolute atomic E-state index is 0.539. The lowest BCUT2D eigenvalue weighted by atomic mass is 10.0. The average Bonchev–Trinajstić information content (AvgIpc) is 3.80. The molecule has 0 aliphatic rings. The van der Waals surface area contributed by atoms with Crippen molar-refractivity contribution in [3.63, 3.8) is 0 Å². The van der Waals surface area contributed by atoms with E-state index in [-0.39, 0.29) is 0 Å². The molecule has 0 radical (unpaired) electrons. The maximum Gasteiger partial charge on any atom is 0.238 e. The fourth-order valence-corrected chi connectivity index (χ4v) is 7.96. The largest absolute Gasteiger partial charge is 0.309 e. The van der Waals surface area contributed by atoms with E-state index in [1.807, 2.05) is 97.3 Å². The van der Waals surface area contributed by atoms with Gasteiger partial charge in [-0.1, -0.05) is 109 Å². The van der Waals surface area contributed by atoms with Crippen molar-refractivity contribution in [2.75, 3.05) is 0 Å². The van der Waals surface area contributed by atoms with E-state index in [9.17, 15) is 0 Å². The van der Waals surface area contributed by atoms with Crippen LogP contribution in [0.3, 0.4) is 0 Å². The van der Waals surface area contributed by atoms with Gasteiger partial charge in [-0.25, -0.2) is 4.98 Å². The monoisotopic (exact) mass is 717 g/mol. The average molecular weight is 718 g/mol. The normalized spacial score (nSPS) is 11.6. The van der Waals surface area contributed by atoms with Crippen molar-refractivity contribution in [1.29, 1.82) is 0 Å². The molecule has 0 amide bonds. The smallest absolute Gasteiger partial charge is 0.238 e. The summed E-state index contributed by atoms with van der Waals surface area (Å²) in [6, 6.07) is 60.6. The van der Waals surface area contributed by atoms with E-state index >= 15 is 0 Å². The second kappa shape index (κ2) is 13.0. The third-order valence-corrected chi connectivity index (χ3v) is 10.5. The van der Waals surface area contributed by atoms with Crippen LogP contribution >= 0.6 is 0 Å². The maximum absolute atomic E-state index is 5.28. The summed E-state index contributed by atoms with van der Waals surface area (Å²) in [6.07, 6.45) is 3.68. The predicted molar refractivity (Wildman–Crippen MR) is 226 cm³/mol. The molecule has 11 rings (SSSR count). The third-order valence-electron chi connectivity index (χ3n) is 10.5. The zero-order valence-electron chi connectivity index (χ0n) is 30.0. The van der Waals surface area contributed by atoms with Gasteiger partial charge in [-0.3, -0.25) is 14.5 Å². The Morgan fingerprint density at radius 3 is 1.45 bits per heavy atom. The second-order valence-electron chi connectivity index (χ2n) is 13.8. The minimum Gasteiger partial charge on any atom is -0.309 e. The van der Waals surface area contributed by atoms with Gasteiger partial charge >= 0.3 is 0 Å². The van der Waals surface area contributed by atoms with Crippen LogP contribution in [0, 0.1) is 0 Å². The van der Waals surface area contributed by atoms with Crippen LogP contribution < -0.4 is 0 Å². The van der Waals surface area contributed by atoms with Crippen LogP contribution in [-0.2, 0) is 0 Å². The maximum atomic E-state index is 5.28. The van der Waals surface area contributed by atoms with Crippen LogP contribution in [0.5, 0.6) is 0 Å². The number of benzene rings is 6. The van der Waals surface area contributed by atoms with Crippen molar-refractivity contribution in [2.24, 2.45) is 0 Å². The molecule has 0 bridgehead atoms. The second-order valence-corrected chi connectivity index (χ2v) is 13.8. The summed E-state index contributed by atoms with van der Waals surface area (Å²) in [4.78, 5) is 25.0. The molecule has 7 nitrogen and oxygen atoms in total. The highest BCUT2D eigenvalue weighted by Gasteiger charge is 2.24. The van der Waals surface area contributed by atoms with Crippen LogP contribution in [0.25, 0.3) is 101 Å². The SMILES string of the molecule is c1ccc(-c2nc(-c3ccccc3)nc(-n3c4ccc(-c5ccccn5)cc4c4ccc5c(c6cc(-c7ccccn7)ccc6n5-c5ccccc5)c43)n2)cc1. The lowest BCUT2D eigenvalue weighted by molar-refractivity contribution is 0.955. The third kappa shape index (κ3) is 5.17. The molecule has 0 unspecified atom stereocenters. The summed E-state index contributed by atoms with van der Waals surface area (Å²) in [7, 11) is 0. The van der Waals surface area contributed by atoms with Crippen LogP contribution in [0.4, 0.5) is 0 Å². The Labute approximate surface area is 321 Å². The van der Waals surface area contributed by atoms with Gasteiger partial charge in [0.25, 0.3) is 0 Å². The molecule has 0 atom stereocenters. The summed E-state index contributed by atoms with van der Waals surface area (Å²) >= 11 is 0. The van der Waals surface area contributed by atoms with Gasteiger partial charge in [0.05, 0.1) is 33.5 Å². The Morgan fingerprint density at radius 1 is 0.357 bits per heavy atom. The van der Waals surface area contributed by atoms with E-state index in [4.69, 9.17) is 24.9 Å². The summed E-state index contributed by atoms with van der Waals surface area (Å²) in [5.74, 6) is 1.74. The molecule has 5 heterocycles. The van der Waals surface area contributed by atoms with Gasteiger partial charge in [-0.05, 0) is 66.7 Å². The Hall–Kier alpha value is -7.77. The van der Waals surface area contributed by atoms with E-state index in [2.05, 4.69) is 100 Å². The fraction of sp³-hybridized carbons (Fsp3) is 0. The Bertz CT molecular complexity index is 3160. The Morgan fingerprint density at radius 2 is 0.875 bits per heavy atom. The number of fused-ring (bicyclic) bond motifs is 7. The lowest BCUT2D eigenvalue weighted by Gasteiger charge is -2.12. The molecular weight excluding hydrogens is 687 g/mol. The van der Waals surface area contributed by atoms with Crippen molar-refractivity contribution in [2.45, 2.75) is 0 Å². The Kier molecular flexibility index (Phi) is 7.35. The number of pyridine rings is 2. The van der Waals surface area contributed by atoms with Gasteiger partial charge < -0.3 is 4.57 Å². The first-order valence-corrected chi connectivity index (χ1v) is 18.6. The standard InChI is InChI=1S/C49H31N7/c1-4-14-32(15-5-1)47-52-48(33-16-6-2-7-17-33)54-49(53-47)56-42-25-22-34(40-20-10-12-28-50-40)30-38(42)37-24-27-44-45(46(37)56)39-31-35(41-21-11-13-29-51-41)23-26-43(39)55(44)36-18-8-3-9-19-36/h1-31H. The molecule has 262 valence electrons. The molecule has 5 aromatic heterocycles. The molecule has 56 heavy (non-hydrogen) atoms. The molecule has 0 fully saturated rings. The number of nitrogens with zero attached hydrogens (tertiary/aromatic N) is 7. The van der Waals surface area contributed by atoms with Gasteiger partial charge in [-0.15, -0.1) is 0 Å². The van der Waals surface area contributed by atoms with Gasteiger partial charge in [0.2, 0.25) is 5.95 Å². The number of hydrogen-bond donors (Lipinski definition) is 0. The summed E-state index contributed by atoms with van der Waals surface area (Å²) < 4.78 is 4.59. The number of aromatic nitrogens is 7. The first-order chi connectivity index (χ1) is 27.8. The zero-order valence-corrected chi connectivity index (χ0v) is 30.0. The molecule has 0 aliphatic heterocycles. The number of rotatable bonds is 6. The van der Waals surface area contributed by atoms with E-state index in [1.54, 1.807) is 0 Å². The van der Waals surface area contributed by atoms with Crippen LogP contribution in [0.15, 0.2) is 188 Å². The molecule has 0 saturated carbocycles. The minimum atomic E-state index is 0.539. The summed E-state index contributed by atoms with van der Waals surface area (Å²) in [5.41, 5.74) is 11.0. The van der Waals surface area contributed by atoms with Crippen LogP contribution in [-0.4, -0.2) is 34.1 Å². The van der Waals surface area contributed by atoms with Crippen molar-refractivity contribution >= 4 is 43.6 Å². The van der Waals surface area contributed by atoms with Gasteiger partial charge in [0, 0.05) is 61.9 Å². The zero-order chi connectivity index (χ0) is 37.0. The molecule has 0 saturated heterocycles. The van der Waals surface area contributed by atoms with Crippen molar-refractivity contribution in [3.05, 3.63) is 188 Å². The van der Waals surface area contributed by atoms with Crippen molar-refractivity contribution in [1.82, 2.24) is 34.1 Å². The number of para-hydroxylation sites is 1. The molecule has 0 spiro atoms. The van der Waals surface area contributed by atoms with Gasteiger partial charge in [0.15, 0.2) is 11.6 Å².